The van der Waals surface area contributed by atoms with Crippen molar-refractivity contribution in [2.75, 3.05) is 5.75 Å². The quantitative estimate of drug-likeness (QED) is 0.499. The Balaban J connectivity index is 1.96. The number of rotatable bonds is 2. The maximum Gasteiger partial charge on any atom is 0.271 e. The van der Waals surface area contributed by atoms with Gasteiger partial charge < -0.3 is 10.4 Å². The number of phenols is 1. The molecule has 6 nitrogen and oxygen atoms in total. The number of nitrogens with one attached hydrogen (secondary N) is 1. The number of ketones is 1. The van der Waals surface area contributed by atoms with Gasteiger partial charge in [-0.05, 0) is 35.2 Å². The number of phenolic OH excluding ortho intramolecular Hbond substituents is 1. The lowest BCUT2D eigenvalue weighted by Gasteiger charge is -2.39. The molecule has 0 radical (unpaired) electrons. The van der Waals surface area contributed by atoms with Gasteiger partial charge in [0, 0.05) is 50.7 Å². The zero-order chi connectivity index (χ0) is 19.5. The van der Waals surface area contributed by atoms with Gasteiger partial charge in [-0.2, -0.15) is 0 Å². The van der Waals surface area contributed by atoms with Gasteiger partial charge in [-0.3, -0.25) is 14.9 Å². The molecule has 2 heterocycles. The van der Waals surface area contributed by atoms with E-state index in [1.807, 2.05) is 13.8 Å². The molecule has 8 heteroatoms. The number of Topliss-reactive ketones (excluding diaryl/α,β-unsaturated/α-hetero) is 1. The molecule has 1 unspecified atom stereocenters. The fourth-order valence-corrected chi connectivity index (χ4v) is 5.75. The predicted molar refractivity (Wildman–Crippen MR) is 107 cm³/mol. The van der Waals surface area contributed by atoms with Gasteiger partial charge in [0.25, 0.3) is 5.69 Å². The van der Waals surface area contributed by atoms with Gasteiger partial charge in [-0.25, -0.2) is 0 Å². The number of aromatic hydroxyl groups is 1. The summed E-state index contributed by atoms with van der Waals surface area (Å²) >= 11 is 4.89. The van der Waals surface area contributed by atoms with E-state index >= 15 is 0 Å². The standard InChI is InChI=1S/C19H19BrN2O4S/c1-19(2)5-3-12-15(18(19)24)14(17-13(21-12)4-6-27-17)10-7-9(22(25)26)8-11(20)16(10)23/h7-8,14,21,23H,3-6H2,1-2H3. The molecule has 1 aromatic carbocycles. The molecule has 2 N–H and O–H groups in total. The van der Waals surface area contributed by atoms with Crippen molar-refractivity contribution in [2.45, 2.75) is 39.0 Å². The van der Waals surface area contributed by atoms with Gasteiger partial charge in [0.1, 0.15) is 5.75 Å². The minimum Gasteiger partial charge on any atom is -0.506 e. The molecule has 0 aromatic heterocycles. The lowest BCUT2D eigenvalue weighted by atomic mass is 9.69. The smallest absolute Gasteiger partial charge is 0.271 e. The number of allylic oxidation sites excluding steroid dienone is 4. The number of non-ortho nitro benzene ring substituents is 1. The van der Waals surface area contributed by atoms with Crippen molar-refractivity contribution < 1.29 is 14.8 Å². The highest BCUT2D eigenvalue weighted by molar-refractivity contribution is 9.10. The number of carbonyl (C=O) groups is 1. The Morgan fingerprint density at radius 1 is 1.33 bits per heavy atom. The topological polar surface area (TPSA) is 92.5 Å². The molecular formula is C19H19BrN2O4S. The molecule has 0 amide bonds. The van der Waals surface area contributed by atoms with Crippen molar-refractivity contribution in [3.05, 3.63) is 54.2 Å². The van der Waals surface area contributed by atoms with Crippen LogP contribution in [0.4, 0.5) is 5.69 Å². The first-order valence-corrected chi connectivity index (χ1v) is 10.6. The van der Waals surface area contributed by atoms with Crippen LogP contribution in [0, 0.1) is 15.5 Å². The second kappa shape index (κ2) is 6.38. The summed E-state index contributed by atoms with van der Waals surface area (Å²) in [4.78, 5) is 25.2. The van der Waals surface area contributed by atoms with Crippen molar-refractivity contribution >= 4 is 39.2 Å². The third kappa shape index (κ3) is 2.89. The number of hydrogen-bond donors (Lipinski definition) is 2. The largest absolute Gasteiger partial charge is 0.506 e. The second-order valence-electron chi connectivity index (χ2n) is 7.73. The molecule has 0 bridgehead atoms. The summed E-state index contributed by atoms with van der Waals surface area (Å²) in [5, 5.41) is 25.5. The molecule has 0 saturated carbocycles. The number of benzene rings is 1. The average molecular weight is 451 g/mol. The highest BCUT2D eigenvalue weighted by Crippen LogP contribution is 2.54. The zero-order valence-electron chi connectivity index (χ0n) is 15.0. The van der Waals surface area contributed by atoms with Gasteiger partial charge in [-0.1, -0.05) is 13.8 Å². The normalized spacial score (nSPS) is 23.8. The Morgan fingerprint density at radius 2 is 2.07 bits per heavy atom. The first-order chi connectivity index (χ1) is 12.7. The lowest BCUT2D eigenvalue weighted by Crippen LogP contribution is -2.38. The Kier molecular flexibility index (Phi) is 4.38. The van der Waals surface area contributed by atoms with E-state index in [9.17, 15) is 20.0 Å². The number of hydrogen-bond acceptors (Lipinski definition) is 6. The van der Waals surface area contributed by atoms with Crippen LogP contribution >= 0.6 is 27.7 Å². The van der Waals surface area contributed by atoms with Crippen molar-refractivity contribution in [3.8, 4) is 5.75 Å². The molecule has 0 spiro atoms. The molecule has 0 fully saturated rings. The summed E-state index contributed by atoms with van der Waals surface area (Å²) in [5.74, 6) is 0.424. The molecular weight excluding hydrogens is 432 g/mol. The SMILES string of the molecule is CC1(C)CCC2=C(C1=O)C(c1cc([N+](=O)[O-])cc(Br)c1O)C1=C(CCS1)N2. The van der Waals surface area contributed by atoms with Gasteiger partial charge in [-0.15, -0.1) is 11.8 Å². The Bertz CT molecular complexity index is 951. The van der Waals surface area contributed by atoms with Gasteiger partial charge in [0.05, 0.1) is 15.3 Å². The van der Waals surface area contributed by atoms with Gasteiger partial charge in [0.15, 0.2) is 5.78 Å². The van der Waals surface area contributed by atoms with Crippen LogP contribution in [0.1, 0.15) is 44.6 Å². The van der Waals surface area contributed by atoms with Crippen LogP contribution in [0.2, 0.25) is 0 Å². The van der Waals surface area contributed by atoms with E-state index in [-0.39, 0.29) is 21.7 Å². The number of dihydropyridines is 1. The zero-order valence-corrected chi connectivity index (χ0v) is 17.4. The van der Waals surface area contributed by atoms with E-state index in [0.29, 0.717) is 11.1 Å². The molecule has 4 rings (SSSR count). The minimum atomic E-state index is -0.492. The molecule has 1 aromatic rings. The number of nitro benzene ring substituents is 1. The first kappa shape index (κ1) is 18.6. The van der Waals surface area contributed by atoms with Gasteiger partial charge >= 0.3 is 0 Å². The summed E-state index contributed by atoms with van der Waals surface area (Å²) in [6, 6.07) is 2.69. The third-order valence-corrected chi connectivity index (χ3v) is 7.35. The molecule has 1 aliphatic carbocycles. The first-order valence-electron chi connectivity index (χ1n) is 8.78. The highest BCUT2D eigenvalue weighted by Gasteiger charge is 2.45. The van der Waals surface area contributed by atoms with Crippen molar-refractivity contribution in [3.63, 3.8) is 0 Å². The van der Waals surface area contributed by atoms with Crippen molar-refractivity contribution in [1.29, 1.82) is 0 Å². The summed E-state index contributed by atoms with van der Waals surface area (Å²) in [6.45, 7) is 3.87. The molecule has 27 heavy (non-hydrogen) atoms. The maximum absolute atomic E-state index is 13.3. The number of thioether (sulfide) groups is 1. The lowest BCUT2D eigenvalue weighted by molar-refractivity contribution is -0.385. The molecule has 2 aliphatic heterocycles. The van der Waals surface area contributed by atoms with E-state index in [1.165, 1.54) is 12.1 Å². The van der Waals surface area contributed by atoms with E-state index in [0.717, 1.165) is 41.3 Å². The fraction of sp³-hybridized carbons (Fsp3) is 0.421. The number of nitrogens with zero attached hydrogens (tertiary/aromatic N) is 1. The molecule has 142 valence electrons. The predicted octanol–water partition coefficient (Wildman–Crippen LogP) is 4.74. The Morgan fingerprint density at radius 3 is 2.78 bits per heavy atom. The fourth-order valence-electron chi connectivity index (χ4n) is 4.02. The minimum absolute atomic E-state index is 0.0438. The van der Waals surface area contributed by atoms with Crippen LogP contribution in [0.25, 0.3) is 0 Å². The van der Waals surface area contributed by atoms with Crippen LogP contribution in [0.15, 0.2) is 38.5 Å². The average Bonchev–Trinajstić information content (AvgIpc) is 3.07. The monoisotopic (exact) mass is 450 g/mol. The van der Waals surface area contributed by atoms with Crippen molar-refractivity contribution in [1.82, 2.24) is 5.32 Å². The van der Waals surface area contributed by atoms with E-state index in [4.69, 9.17) is 0 Å². The van der Waals surface area contributed by atoms with Crippen LogP contribution in [0.3, 0.4) is 0 Å². The molecule has 0 saturated heterocycles. The number of halogens is 1. The number of nitro groups is 1. The second-order valence-corrected chi connectivity index (χ2v) is 9.72. The third-order valence-electron chi connectivity index (χ3n) is 5.54. The molecule has 1 atom stereocenters. The van der Waals surface area contributed by atoms with Gasteiger partial charge in [0.2, 0.25) is 0 Å². The number of carbonyl (C=O) groups excluding carboxylic acids is 1. The maximum atomic E-state index is 13.3. The Hall–Kier alpha value is -1.80. The Labute approximate surface area is 169 Å². The summed E-state index contributed by atoms with van der Waals surface area (Å²) < 4.78 is 0.264. The highest BCUT2D eigenvalue weighted by atomic mass is 79.9. The van der Waals surface area contributed by atoms with Crippen LogP contribution < -0.4 is 5.32 Å². The summed E-state index contributed by atoms with van der Waals surface area (Å²) in [7, 11) is 0. The van der Waals surface area contributed by atoms with Crippen LogP contribution in [-0.2, 0) is 4.79 Å². The van der Waals surface area contributed by atoms with Crippen LogP contribution in [-0.4, -0.2) is 21.6 Å². The van der Waals surface area contributed by atoms with Crippen LogP contribution in [0.5, 0.6) is 5.75 Å². The van der Waals surface area contributed by atoms with Crippen molar-refractivity contribution in [2.24, 2.45) is 5.41 Å². The summed E-state index contributed by atoms with van der Waals surface area (Å²) in [6.07, 6.45) is 2.37. The molecule has 3 aliphatic rings. The van der Waals surface area contributed by atoms with E-state index in [2.05, 4.69) is 21.2 Å². The van der Waals surface area contributed by atoms with E-state index < -0.39 is 16.3 Å². The van der Waals surface area contributed by atoms with E-state index in [1.54, 1.807) is 11.8 Å². The summed E-state index contributed by atoms with van der Waals surface area (Å²) in [5.41, 5.74) is 2.42.